The summed E-state index contributed by atoms with van der Waals surface area (Å²) in [4.78, 5) is 2.60. The second-order valence-electron chi connectivity index (χ2n) is 6.77. The van der Waals surface area contributed by atoms with E-state index in [0.717, 1.165) is 25.6 Å². The van der Waals surface area contributed by atoms with E-state index in [1.807, 2.05) is 0 Å². The second kappa shape index (κ2) is 6.88. The summed E-state index contributed by atoms with van der Waals surface area (Å²) in [5, 5.41) is 3.48. The first-order chi connectivity index (χ1) is 8.40. The lowest BCUT2D eigenvalue weighted by atomic mass is 9.86. The minimum absolute atomic E-state index is 0.295. The molecule has 1 aliphatic rings. The molecule has 0 aromatic heterocycles. The first-order valence-corrected chi connectivity index (χ1v) is 7.30. The average molecular weight is 256 g/mol. The number of likely N-dealkylation sites (N-methyl/N-ethyl adjacent to an activating group) is 1. The van der Waals surface area contributed by atoms with Gasteiger partial charge in [0.25, 0.3) is 0 Å². The van der Waals surface area contributed by atoms with Crippen LogP contribution in [0.1, 0.15) is 40.5 Å². The highest BCUT2D eigenvalue weighted by atomic mass is 16.5. The smallest absolute Gasteiger partial charge is 0.0589 e. The minimum atomic E-state index is 0.295. The maximum absolute atomic E-state index is 5.26. The number of hydrogen-bond acceptors (Lipinski definition) is 3. The maximum Gasteiger partial charge on any atom is 0.0589 e. The van der Waals surface area contributed by atoms with Gasteiger partial charge in [0.2, 0.25) is 0 Å². The van der Waals surface area contributed by atoms with Crippen LogP contribution in [-0.4, -0.2) is 50.8 Å². The third-order valence-electron chi connectivity index (χ3n) is 4.27. The molecule has 0 heterocycles. The fraction of sp³-hybridized carbons (Fsp3) is 1.00. The molecule has 0 radical (unpaired) electrons. The van der Waals surface area contributed by atoms with E-state index in [1.54, 1.807) is 7.11 Å². The SMILES string of the molecule is CNC(CN(CCOC)C(C)C1CC1)C(C)(C)C. The third-order valence-corrected chi connectivity index (χ3v) is 4.27. The Kier molecular flexibility index (Phi) is 6.09. The summed E-state index contributed by atoms with van der Waals surface area (Å²) < 4.78 is 5.26. The molecular formula is C15H32N2O. The third kappa shape index (κ3) is 4.87. The van der Waals surface area contributed by atoms with Gasteiger partial charge in [-0.25, -0.2) is 0 Å². The van der Waals surface area contributed by atoms with E-state index in [-0.39, 0.29) is 0 Å². The van der Waals surface area contributed by atoms with Crippen molar-refractivity contribution in [1.82, 2.24) is 10.2 Å². The van der Waals surface area contributed by atoms with Gasteiger partial charge in [0.05, 0.1) is 6.61 Å². The number of ether oxygens (including phenoxy) is 1. The lowest BCUT2D eigenvalue weighted by molar-refractivity contribution is 0.0916. The largest absolute Gasteiger partial charge is 0.383 e. The highest BCUT2D eigenvalue weighted by Crippen LogP contribution is 2.35. The van der Waals surface area contributed by atoms with E-state index in [9.17, 15) is 0 Å². The maximum atomic E-state index is 5.26. The molecule has 1 fully saturated rings. The Balaban J connectivity index is 2.57. The Morgan fingerprint density at radius 1 is 1.33 bits per heavy atom. The number of rotatable bonds is 8. The number of nitrogens with zero attached hydrogens (tertiary/aromatic N) is 1. The standard InChI is InChI=1S/C15H32N2O/c1-12(13-7-8-13)17(9-10-18-6)11-14(16-5)15(2,3)4/h12-14,16H,7-11H2,1-6H3. The van der Waals surface area contributed by atoms with E-state index in [2.05, 4.69) is 45.0 Å². The molecule has 0 aliphatic heterocycles. The van der Waals surface area contributed by atoms with Crippen LogP contribution in [0.4, 0.5) is 0 Å². The summed E-state index contributed by atoms with van der Waals surface area (Å²) in [5.41, 5.74) is 0.295. The van der Waals surface area contributed by atoms with Crippen LogP contribution >= 0.6 is 0 Å². The molecule has 18 heavy (non-hydrogen) atoms. The van der Waals surface area contributed by atoms with Gasteiger partial charge < -0.3 is 10.1 Å². The van der Waals surface area contributed by atoms with Crippen LogP contribution in [0.2, 0.25) is 0 Å². The molecule has 2 unspecified atom stereocenters. The van der Waals surface area contributed by atoms with Gasteiger partial charge in [-0.15, -0.1) is 0 Å². The lowest BCUT2D eigenvalue weighted by Gasteiger charge is -2.38. The second-order valence-corrected chi connectivity index (χ2v) is 6.77. The van der Waals surface area contributed by atoms with Gasteiger partial charge in [0.1, 0.15) is 0 Å². The minimum Gasteiger partial charge on any atom is -0.383 e. The monoisotopic (exact) mass is 256 g/mol. The summed E-state index contributed by atoms with van der Waals surface area (Å²) >= 11 is 0. The van der Waals surface area contributed by atoms with Gasteiger partial charge in [-0.2, -0.15) is 0 Å². The van der Waals surface area contributed by atoms with Gasteiger partial charge in [-0.05, 0) is 38.1 Å². The average Bonchev–Trinajstić information content (AvgIpc) is 3.10. The zero-order valence-corrected chi connectivity index (χ0v) is 13.1. The predicted molar refractivity (Wildman–Crippen MR) is 77.9 cm³/mol. The molecule has 0 aromatic rings. The lowest BCUT2D eigenvalue weighted by Crippen LogP contribution is -2.50. The van der Waals surface area contributed by atoms with Crippen molar-refractivity contribution < 1.29 is 4.74 Å². The zero-order chi connectivity index (χ0) is 13.8. The molecule has 2 atom stereocenters. The molecule has 1 N–H and O–H groups in total. The summed E-state index contributed by atoms with van der Waals surface area (Å²) in [6.07, 6.45) is 2.81. The topological polar surface area (TPSA) is 24.5 Å². The molecule has 1 saturated carbocycles. The molecule has 108 valence electrons. The van der Waals surface area contributed by atoms with Crippen LogP contribution < -0.4 is 5.32 Å². The molecule has 3 heteroatoms. The number of methoxy groups -OCH3 is 1. The summed E-state index contributed by atoms with van der Waals surface area (Å²) in [6.45, 7) is 12.3. The van der Waals surface area contributed by atoms with Crippen LogP contribution in [0, 0.1) is 11.3 Å². The van der Waals surface area contributed by atoms with Crippen LogP contribution in [-0.2, 0) is 4.74 Å². The van der Waals surface area contributed by atoms with Crippen LogP contribution in [0.5, 0.6) is 0 Å². The Labute approximate surface area is 113 Å². The summed E-state index contributed by atoms with van der Waals surface area (Å²) in [7, 11) is 3.87. The van der Waals surface area contributed by atoms with E-state index in [1.165, 1.54) is 12.8 Å². The number of nitrogens with one attached hydrogen (secondary N) is 1. The van der Waals surface area contributed by atoms with Gasteiger partial charge in [-0.3, -0.25) is 4.90 Å². The Bertz CT molecular complexity index is 233. The van der Waals surface area contributed by atoms with E-state index >= 15 is 0 Å². The molecule has 0 spiro atoms. The molecule has 1 aliphatic carbocycles. The molecule has 0 bridgehead atoms. The molecule has 0 aromatic carbocycles. The molecule has 1 rings (SSSR count). The quantitative estimate of drug-likeness (QED) is 0.721. The first kappa shape index (κ1) is 15.9. The summed E-state index contributed by atoms with van der Waals surface area (Å²) in [6, 6.07) is 1.22. The van der Waals surface area contributed by atoms with Crippen molar-refractivity contribution >= 4 is 0 Å². The Morgan fingerprint density at radius 3 is 2.33 bits per heavy atom. The van der Waals surface area contributed by atoms with Crippen molar-refractivity contribution in [1.29, 1.82) is 0 Å². The van der Waals surface area contributed by atoms with Crippen molar-refractivity contribution in [3.8, 4) is 0 Å². The van der Waals surface area contributed by atoms with Crippen molar-refractivity contribution in [3.63, 3.8) is 0 Å². The fourth-order valence-corrected chi connectivity index (χ4v) is 2.58. The molecule has 0 amide bonds. The van der Waals surface area contributed by atoms with Gasteiger partial charge >= 0.3 is 0 Å². The fourth-order valence-electron chi connectivity index (χ4n) is 2.58. The zero-order valence-electron chi connectivity index (χ0n) is 13.1. The van der Waals surface area contributed by atoms with Crippen molar-refractivity contribution in [2.24, 2.45) is 11.3 Å². The van der Waals surface area contributed by atoms with E-state index in [0.29, 0.717) is 17.5 Å². The summed E-state index contributed by atoms with van der Waals surface area (Å²) in [5.74, 6) is 0.916. The van der Waals surface area contributed by atoms with Crippen molar-refractivity contribution in [2.45, 2.75) is 52.6 Å². The Hall–Kier alpha value is -0.120. The highest BCUT2D eigenvalue weighted by Gasteiger charge is 2.34. The van der Waals surface area contributed by atoms with E-state index < -0.39 is 0 Å². The normalized spacial score (nSPS) is 20.2. The molecule has 3 nitrogen and oxygen atoms in total. The van der Waals surface area contributed by atoms with Gasteiger partial charge in [0.15, 0.2) is 0 Å². The van der Waals surface area contributed by atoms with E-state index in [4.69, 9.17) is 4.74 Å². The number of hydrogen-bond donors (Lipinski definition) is 1. The molecular weight excluding hydrogens is 224 g/mol. The highest BCUT2D eigenvalue weighted by molar-refractivity contribution is 4.89. The van der Waals surface area contributed by atoms with Gasteiger partial charge in [0, 0.05) is 32.3 Å². The van der Waals surface area contributed by atoms with Crippen LogP contribution in [0.15, 0.2) is 0 Å². The predicted octanol–water partition coefficient (Wildman–Crippen LogP) is 2.37. The van der Waals surface area contributed by atoms with Crippen molar-refractivity contribution in [2.75, 3.05) is 33.9 Å². The van der Waals surface area contributed by atoms with Gasteiger partial charge in [-0.1, -0.05) is 20.8 Å². The van der Waals surface area contributed by atoms with Crippen LogP contribution in [0.25, 0.3) is 0 Å². The molecule has 0 saturated heterocycles. The van der Waals surface area contributed by atoms with Crippen LogP contribution in [0.3, 0.4) is 0 Å². The Morgan fingerprint density at radius 2 is 1.94 bits per heavy atom. The van der Waals surface area contributed by atoms with Crippen molar-refractivity contribution in [3.05, 3.63) is 0 Å². The first-order valence-electron chi connectivity index (χ1n) is 7.30.